The van der Waals surface area contributed by atoms with Crippen LogP contribution in [0, 0.1) is 18.3 Å². The zero-order chi connectivity index (χ0) is 22.8. The van der Waals surface area contributed by atoms with Crippen LogP contribution in [0.1, 0.15) is 41.9 Å². The van der Waals surface area contributed by atoms with Crippen molar-refractivity contribution < 1.29 is 9.47 Å². The van der Waals surface area contributed by atoms with Gasteiger partial charge in [-0.2, -0.15) is 10.4 Å². The molecule has 1 aromatic carbocycles. The molecule has 1 aliphatic heterocycles. The van der Waals surface area contributed by atoms with Gasteiger partial charge in [0.1, 0.15) is 11.9 Å². The molecule has 0 amide bonds. The first-order chi connectivity index (χ1) is 16.1. The average Bonchev–Trinajstić information content (AvgIpc) is 3.48. The Kier molecular flexibility index (Phi) is 5.63. The summed E-state index contributed by atoms with van der Waals surface area (Å²) >= 11 is 0. The molecule has 3 heterocycles. The molecule has 2 aromatic heterocycles. The summed E-state index contributed by atoms with van der Waals surface area (Å²) in [7, 11) is 1.66. The van der Waals surface area contributed by atoms with E-state index in [9.17, 15) is 0 Å². The van der Waals surface area contributed by atoms with E-state index in [-0.39, 0.29) is 6.10 Å². The number of benzene rings is 1. The third-order valence-electron chi connectivity index (χ3n) is 5.82. The first kappa shape index (κ1) is 20.9. The number of imidazole rings is 1. The van der Waals surface area contributed by atoms with Crippen LogP contribution < -0.4 is 4.74 Å². The maximum atomic E-state index is 9.08. The van der Waals surface area contributed by atoms with Crippen molar-refractivity contribution in [2.75, 3.05) is 13.7 Å². The molecule has 0 N–H and O–H groups in total. The topological polar surface area (TPSA) is 90.8 Å². The molecule has 3 aromatic rings. The molecule has 0 unspecified atom stereocenters. The number of nitrogens with zero attached hydrogens (tertiary/aromatic N) is 6. The molecular formula is C25H24N6O2. The molecule has 0 saturated heterocycles. The zero-order valence-corrected chi connectivity index (χ0v) is 18.6. The van der Waals surface area contributed by atoms with Crippen LogP contribution in [0.5, 0.6) is 5.75 Å². The highest BCUT2D eigenvalue weighted by atomic mass is 16.5. The van der Waals surface area contributed by atoms with E-state index >= 15 is 0 Å². The lowest BCUT2D eigenvalue weighted by molar-refractivity contribution is 0.0343. The molecule has 166 valence electrons. The van der Waals surface area contributed by atoms with Crippen LogP contribution >= 0.6 is 0 Å². The second-order valence-corrected chi connectivity index (χ2v) is 8.03. The van der Waals surface area contributed by atoms with Gasteiger partial charge in [0.2, 0.25) is 0 Å². The number of nitriles is 1. The summed E-state index contributed by atoms with van der Waals surface area (Å²) in [6.45, 7) is 3.22. The van der Waals surface area contributed by atoms with Gasteiger partial charge in [-0.1, -0.05) is 18.2 Å². The Bertz CT molecular complexity index is 1320. The Morgan fingerprint density at radius 2 is 2.15 bits per heavy atom. The lowest BCUT2D eigenvalue weighted by Gasteiger charge is -2.26. The summed E-state index contributed by atoms with van der Waals surface area (Å²) in [5, 5.41) is 13.7. The smallest absolute Gasteiger partial charge is 0.174 e. The van der Waals surface area contributed by atoms with Gasteiger partial charge < -0.3 is 14.0 Å². The third kappa shape index (κ3) is 4.23. The number of fused-ring (bicyclic) bond motifs is 1. The molecule has 0 saturated carbocycles. The number of rotatable bonds is 5. The Labute approximate surface area is 192 Å². The molecule has 1 atom stereocenters. The zero-order valence-electron chi connectivity index (χ0n) is 18.6. The van der Waals surface area contributed by atoms with Crippen LogP contribution in [0.15, 0.2) is 54.0 Å². The van der Waals surface area contributed by atoms with Crippen molar-refractivity contribution in [3.63, 3.8) is 0 Å². The van der Waals surface area contributed by atoms with Crippen LogP contribution in [-0.4, -0.2) is 38.0 Å². The molecule has 8 heteroatoms. The van der Waals surface area contributed by atoms with Crippen LogP contribution in [-0.2, 0) is 11.3 Å². The maximum absolute atomic E-state index is 9.08. The number of hydrogen-bond donors (Lipinski definition) is 0. The van der Waals surface area contributed by atoms with E-state index in [1.807, 2.05) is 64.9 Å². The van der Waals surface area contributed by atoms with Gasteiger partial charge in [-0.05, 0) is 55.2 Å². The average molecular weight is 441 g/mol. The molecule has 8 nitrogen and oxygen atoms in total. The van der Waals surface area contributed by atoms with Gasteiger partial charge >= 0.3 is 0 Å². The summed E-state index contributed by atoms with van der Waals surface area (Å²) in [5.74, 6) is 2.21. The van der Waals surface area contributed by atoms with Crippen molar-refractivity contribution in [3.05, 3.63) is 76.9 Å². The Morgan fingerprint density at radius 1 is 1.24 bits per heavy atom. The normalized spacial score (nSPS) is 17.9. The van der Waals surface area contributed by atoms with Gasteiger partial charge in [-0.3, -0.25) is 0 Å². The highest BCUT2D eigenvalue weighted by Gasteiger charge is 2.28. The summed E-state index contributed by atoms with van der Waals surface area (Å²) in [4.78, 5) is 9.03. The number of aromatic nitrogens is 5. The van der Waals surface area contributed by atoms with E-state index in [0.717, 1.165) is 52.5 Å². The predicted octanol–water partition coefficient (Wildman–Crippen LogP) is 4.19. The van der Waals surface area contributed by atoms with E-state index in [1.165, 1.54) is 0 Å². The van der Waals surface area contributed by atoms with Gasteiger partial charge in [0.25, 0.3) is 0 Å². The second kappa shape index (κ2) is 8.88. The van der Waals surface area contributed by atoms with Crippen LogP contribution in [0.3, 0.4) is 0 Å². The Balaban J connectivity index is 1.38. The van der Waals surface area contributed by atoms with Crippen molar-refractivity contribution in [1.82, 2.24) is 24.3 Å². The lowest BCUT2D eigenvalue weighted by Crippen LogP contribution is -2.24. The summed E-state index contributed by atoms with van der Waals surface area (Å²) in [6, 6.07) is 8.24. The maximum Gasteiger partial charge on any atom is 0.174 e. The number of methoxy groups -OCH3 is 1. The lowest BCUT2D eigenvalue weighted by atomic mass is 9.94. The van der Waals surface area contributed by atoms with Gasteiger partial charge in [0, 0.05) is 11.8 Å². The molecule has 0 fully saturated rings. The minimum absolute atomic E-state index is 0.220. The number of ether oxygens (including phenoxy) is 2. The fourth-order valence-electron chi connectivity index (χ4n) is 4.11. The van der Waals surface area contributed by atoms with Crippen molar-refractivity contribution in [1.29, 1.82) is 5.26 Å². The van der Waals surface area contributed by atoms with E-state index in [4.69, 9.17) is 19.7 Å². The predicted molar refractivity (Wildman–Crippen MR) is 124 cm³/mol. The number of hydrogen-bond acceptors (Lipinski definition) is 6. The largest absolute Gasteiger partial charge is 0.495 e. The van der Waals surface area contributed by atoms with Gasteiger partial charge in [-0.15, -0.1) is 0 Å². The summed E-state index contributed by atoms with van der Waals surface area (Å²) < 4.78 is 15.5. The molecule has 5 rings (SSSR count). The van der Waals surface area contributed by atoms with Crippen molar-refractivity contribution in [2.24, 2.45) is 0 Å². The van der Waals surface area contributed by atoms with E-state index in [2.05, 4.69) is 16.2 Å². The van der Waals surface area contributed by atoms with Gasteiger partial charge in [-0.25, -0.2) is 14.6 Å². The molecule has 1 aliphatic carbocycles. The summed E-state index contributed by atoms with van der Waals surface area (Å²) in [5.41, 5.74) is 4.79. The number of allylic oxidation sites excluding steroid dienone is 3. The number of aryl methyl sites for hydroxylation is 1. The standard InChI is InChI=1S/C25H24N6O2/c1-17-15-30(16-27-17)21-9-5-18(13-22(21)32-2)6-10-23-28-25-24(33-12-11-31(25)29-23)20-7-3-19(14-26)4-8-20/h3,5-7,9-10,13,15-16,24H,4,8,11-12H2,1-2H3/b10-6+/t24-/m0/s1. The van der Waals surface area contributed by atoms with Crippen LogP contribution in [0.25, 0.3) is 17.8 Å². The minimum Gasteiger partial charge on any atom is -0.495 e. The highest BCUT2D eigenvalue weighted by Crippen LogP contribution is 2.34. The SMILES string of the molecule is COc1cc(/C=C/c2nc3n(n2)CCO[C@H]3C2=CC=C(C#N)CC2)ccc1-n1cnc(C)c1. The van der Waals surface area contributed by atoms with E-state index in [0.29, 0.717) is 19.0 Å². The van der Waals surface area contributed by atoms with Crippen LogP contribution in [0.4, 0.5) is 0 Å². The first-order valence-electron chi connectivity index (χ1n) is 10.9. The Morgan fingerprint density at radius 3 is 2.88 bits per heavy atom. The van der Waals surface area contributed by atoms with Crippen LogP contribution in [0.2, 0.25) is 0 Å². The molecule has 0 radical (unpaired) electrons. The first-order valence-corrected chi connectivity index (χ1v) is 10.9. The third-order valence-corrected chi connectivity index (χ3v) is 5.82. The molecule has 0 bridgehead atoms. The fraction of sp³-hybridized carbons (Fsp3) is 0.280. The quantitative estimate of drug-likeness (QED) is 0.591. The minimum atomic E-state index is -0.220. The molecular weight excluding hydrogens is 416 g/mol. The Hall–Kier alpha value is -3.96. The van der Waals surface area contributed by atoms with Gasteiger partial charge in [0.05, 0.1) is 44.0 Å². The monoisotopic (exact) mass is 440 g/mol. The van der Waals surface area contributed by atoms with E-state index < -0.39 is 0 Å². The van der Waals surface area contributed by atoms with Crippen molar-refractivity contribution in [3.8, 4) is 17.5 Å². The molecule has 0 spiro atoms. The highest BCUT2D eigenvalue weighted by molar-refractivity contribution is 5.69. The molecule has 33 heavy (non-hydrogen) atoms. The summed E-state index contributed by atoms with van der Waals surface area (Å²) in [6.07, 6.45) is 12.8. The fourth-order valence-corrected chi connectivity index (χ4v) is 4.11. The van der Waals surface area contributed by atoms with Gasteiger partial charge in [0.15, 0.2) is 11.6 Å². The van der Waals surface area contributed by atoms with E-state index in [1.54, 1.807) is 13.4 Å². The van der Waals surface area contributed by atoms with Crippen molar-refractivity contribution in [2.45, 2.75) is 32.4 Å². The molecule has 2 aliphatic rings. The van der Waals surface area contributed by atoms with Crippen molar-refractivity contribution >= 4 is 12.2 Å². The second-order valence-electron chi connectivity index (χ2n) is 8.03.